The molecule has 0 aliphatic heterocycles. The summed E-state index contributed by atoms with van der Waals surface area (Å²) in [5.41, 5.74) is 4.03. The fraction of sp³-hybridized carbons (Fsp3) is 0.462. The smallest absolute Gasteiger partial charge is 0.264 e. The number of amides is 1. The summed E-state index contributed by atoms with van der Waals surface area (Å²) in [4.78, 5) is 12.9. The summed E-state index contributed by atoms with van der Waals surface area (Å²) < 4.78 is 33.9. The predicted molar refractivity (Wildman–Crippen MR) is 141 cm³/mol. The van der Waals surface area contributed by atoms with Crippen LogP contribution in [0.2, 0.25) is 5.02 Å². The third kappa shape index (κ3) is 6.98. The van der Waals surface area contributed by atoms with Crippen molar-refractivity contribution >= 4 is 38.9 Å². The molecule has 3 rings (SSSR count). The lowest BCUT2D eigenvalue weighted by Gasteiger charge is -2.34. The molecule has 1 fully saturated rings. The van der Waals surface area contributed by atoms with Gasteiger partial charge in [0.1, 0.15) is 12.3 Å². The lowest BCUT2D eigenvalue weighted by Crippen LogP contribution is -2.40. The first kappa shape index (κ1) is 27.0. The lowest BCUT2D eigenvalue weighted by molar-refractivity contribution is -0.119. The maximum absolute atomic E-state index is 13.6. The first-order valence-electron chi connectivity index (χ1n) is 11.9. The van der Waals surface area contributed by atoms with Crippen molar-refractivity contribution in [1.82, 2.24) is 5.43 Å². The van der Waals surface area contributed by atoms with E-state index in [-0.39, 0.29) is 16.0 Å². The topological polar surface area (TPSA) is 88.1 Å². The first-order chi connectivity index (χ1) is 16.5. The number of hydrazone groups is 1. The standard InChI is InChI=1S/C26H34ClN3O4S/c1-5-34-24-9-7-6-8-23(24)30(35(32,33)22-16-12-20(27)13-17-22)18-25(31)29-28-21-14-10-19(11-15-21)26(2,3)4/h6-9,12-13,16-17,19H,5,10-11,14-15,18H2,1-4H3,(H,29,31). The maximum Gasteiger partial charge on any atom is 0.264 e. The Morgan fingerprint density at radius 2 is 1.74 bits per heavy atom. The van der Waals surface area contributed by atoms with E-state index in [0.29, 0.717) is 23.3 Å². The summed E-state index contributed by atoms with van der Waals surface area (Å²) in [6.07, 6.45) is 3.69. The number of hydrogen-bond donors (Lipinski definition) is 1. The first-order valence-corrected chi connectivity index (χ1v) is 13.7. The molecule has 9 heteroatoms. The molecule has 0 aromatic heterocycles. The molecule has 1 amide bonds. The fourth-order valence-electron chi connectivity index (χ4n) is 4.21. The molecule has 0 radical (unpaired) electrons. The van der Waals surface area contributed by atoms with Crippen LogP contribution in [0, 0.1) is 11.3 Å². The third-order valence-electron chi connectivity index (χ3n) is 6.25. The molecule has 2 aromatic rings. The monoisotopic (exact) mass is 519 g/mol. The molecule has 0 spiro atoms. The van der Waals surface area contributed by atoms with Crippen molar-refractivity contribution in [1.29, 1.82) is 0 Å². The maximum atomic E-state index is 13.6. The second-order valence-electron chi connectivity index (χ2n) is 9.72. The van der Waals surface area contributed by atoms with Gasteiger partial charge < -0.3 is 4.74 Å². The molecule has 1 aliphatic rings. The van der Waals surface area contributed by atoms with Crippen molar-refractivity contribution in [2.45, 2.75) is 58.3 Å². The van der Waals surface area contributed by atoms with Crippen LogP contribution >= 0.6 is 11.6 Å². The molecule has 1 aliphatic carbocycles. The highest BCUT2D eigenvalue weighted by molar-refractivity contribution is 7.92. The number of ether oxygens (including phenoxy) is 1. The van der Waals surface area contributed by atoms with E-state index >= 15 is 0 Å². The van der Waals surface area contributed by atoms with Crippen LogP contribution in [0.25, 0.3) is 0 Å². The zero-order valence-corrected chi connectivity index (χ0v) is 22.3. The van der Waals surface area contributed by atoms with Crippen LogP contribution in [0.1, 0.15) is 53.4 Å². The summed E-state index contributed by atoms with van der Waals surface area (Å²) in [5, 5.41) is 4.74. The molecular weight excluding hydrogens is 486 g/mol. The highest BCUT2D eigenvalue weighted by Crippen LogP contribution is 2.37. The van der Waals surface area contributed by atoms with Gasteiger partial charge in [0.25, 0.3) is 15.9 Å². The SMILES string of the molecule is CCOc1ccccc1N(CC(=O)NN=C1CCC(C(C)(C)C)CC1)S(=O)(=O)c1ccc(Cl)cc1. The van der Waals surface area contributed by atoms with Crippen LogP contribution in [0.5, 0.6) is 5.75 Å². The summed E-state index contributed by atoms with van der Waals surface area (Å²) in [7, 11) is -4.09. The number of sulfonamides is 1. The molecule has 190 valence electrons. The van der Waals surface area contributed by atoms with E-state index in [2.05, 4.69) is 31.3 Å². The molecule has 0 heterocycles. The average Bonchev–Trinajstić information content (AvgIpc) is 2.82. The highest BCUT2D eigenvalue weighted by atomic mass is 35.5. The van der Waals surface area contributed by atoms with Crippen LogP contribution in [0.3, 0.4) is 0 Å². The van der Waals surface area contributed by atoms with Crippen LogP contribution in [-0.4, -0.2) is 33.2 Å². The summed E-state index contributed by atoms with van der Waals surface area (Å²) in [5.74, 6) is 0.457. The second-order valence-corrected chi connectivity index (χ2v) is 12.0. The van der Waals surface area contributed by atoms with Crippen molar-refractivity contribution < 1.29 is 17.9 Å². The van der Waals surface area contributed by atoms with E-state index in [9.17, 15) is 13.2 Å². The van der Waals surface area contributed by atoms with E-state index in [1.54, 1.807) is 24.3 Å². The minimum absolute atomic E-state index is 0.0211. The molecule has 0 unspecified atom stereocenters. The lowest BCUT2D eigenvalue weighted by atomic mass is 9.72. The number of anilines is 1. The Labute approximate surface area is 213 Å². The predicted octanol–water partition coefficient (Wildman–Crippen LogP) is 5.64. The van der Waals surface area contributed by atoms with Gasteiger partial charge in [-0.25, -0.2) is 13.8 Å². The number of nitrogens with one attached hydrogen (secondary N) is 1. The Morgan fingerprint density at radius 1 is 1.11 bits per heavy atom. The number of rotatable bonds is 8. The molecule has 1 N–H and O–H groups in total. The van der Waals surface area contributed by atoms with Gasteiger partial charge in [0.05, 0.1) is 17.2 Å². The van der Waals surface area contributed by atoms with Crippen LogP contribution in [0.15, 0.2) is 58.5 Å². The number of carbonyl (C=O) groups is 1. The van der Waals surface area contributed by atoms with Crippen molar-refractivity contribution in [3.05, 3.63) is 53.6 Å². The summed E-state index contributed by atoms with van der Waals surface area (Å²) >= 11 is 5.95. The number of nitrogens with zero attached hydrogens (tertiary/aromatic N) is 2. The molecular formula is C26H34ClN3O4S. The van der Waals surface area contributed by atoms with Gasteiger partial charge >= 0.3 is 0 Å². The number of halogens is 1. The van der Waals surface area contributed by atoms with E-state index in [4.69, 9.17) is 16.3 Å². The Balaban J connectivity index is 1.83. The van der Waals surface area contributed by atoms with Gasteiger partial charge in [-0.3, -0.25) is 9.10 Å². The average molecular weight is 520 g/mol. The van der Waals surface area contributed by atoms with Crippen molar-refractivity contribution in [2.75, 3.05) is 17.5 Å². The Bertz CT molecular complexity index is 1150. The molecule has 2 aromatic carbocycles. The van der Waals surface area contributed by atoms with Crippen LogP contribution in [-0.2, 0) is 14.8 Å². The van der Waals surface area contributed by atoms with Gasteiger partial charge in [0.15, 0.2) is 0 Å². The van der Waals surface area contributed by atoms with Gasteiger partial charge in [0.2, 0.25) is 0 Å². The number of para-hydroxylation sites is 2. The van der Waals surface area contributed by atoms with Gasteiger partial charge in [-0.15, -0.1) is 0 Å². The Hall–Kier alpha value is -2.58. The van der Waals surface area contributed by atoms with Gasteiger partial charge in [-0.05, 0) is 80.3 Å². The molecule has 7 nitrogen and oxygen atoms in total. The zero-order valence-electron chi connectivity index (χ0n) is 20.8. The van der Waals surface area contributed by atoms with E-state index in [1.807, 2.05) is 6.92 Å². The number of carbonyl (C=O) groups excluding carboxylic acids is 1. The number of hydrogen-bond acceptors (Lipinski definition) is 5. The van der Waals surface area contributed by atoms with Gasteiger partial charge in [-0.2, -0.15) is 5.10 Å². The minimum Gasteiger partial charge on any atom is -0.492 e. The second kappa shape index (κ2) is 11.4. The van der Waals surface area contributed by atoms with Crippen LogP contribution < -0.4 is 14.5 Å². The van der Waals surface area contributed by atoms with Gasteiger partial charge in [0, 0.05) is 10.7 Å². The van der Waals surface area contributed by atoms with E-state index < -0.39 is 22.5 Å². The van der Waals surface area contributed by atoms with Crippen molar-refractivity contribution in [2.24, 2.45) is 16.4 Å². The highest BCUT2D eigenvalue weighted by Gasteiger charge is 2.30. The van der Waals surface area contributed by atoms with E-state index in [1.165, 1.54) is 24.3 Å². The molecule has 0 saturated heterocycles. The molecule has 0 atom stereocenters. The molecule has 1 saturated carbocycles. The third-order valence-corrected chi connectivity index (χ3v) is 8.27. The Morgan fingerprint density at radius 3 is 2.34 bits per heavy atom. The van der Waals surface area contributed by atoms with Gasteiger partial charge in [-0.1, -0.05) is 44.5 Å². The van der Waals surface area contributed by atoms with Crippen LogP contribution in [0.4, 0.5) is 5.69 Å². The largest absolute Gasteiger partial charge is 0.492 e. The molecule has 35 heavy (non-hydrogen) atoms. The quantitative estimate of drug-likeness (QED) is 0.457. The normalized spacial score (nSPS) is 16.5. The van der Waals surface area contributed by atoms with Crippen molar-refractivity contribution in [3.63, 3.8) is 0 Å². The minimum atomic E-state index is -4.09. The Kier molecular flexibility index (Phi) is 8.83. The number of benzene rings is 2. The zero-order chi connectivity index (χ0) is 25.6. The molecule has 0 bridgehead atoms. The van der Waals surface area contributed by atoms with Crippen molar-refractivity contribution in [3.8, 4) is 5.75 Å². The summed E-state index contributed by atoms with van der Waals surface area (Å²) in [6, 6.07) is 12.6. The fourth-order valence-corrected chi connectivity index (χ4v) is 5.77. The summed E-state index contributed by atoms with van der Waals surface area (Å²) in [6.45, 7) is 8.45. The van der Waals surface area contributed by atoms with E-state index in [0.717, 1.165) is 35.7 Å².